The van der Waals surface area contributed by atoms with Crippen LogP contribution in [0.25, 0.3) is 0 Å². The molecule has 18 heavy (non-hydrogen) atoms. The highest BCUT2D eigenvalue weighted by atomic mass is 16.5. The van der Waals surface area contributed by atoms with Crippen molar-refractivity contribution in [2.75, 3.05) is 7.11 Å². The zero-order valence-electron chi connectivity index (χ0n) is 10.6. The molecule has 100 valence electrons. The second kappa shape index (κ2) is 6.48. The molecule has 0 heterocycles. The smallest absolute Gasteiger partial charge is 0.339 e. The minimum Gasteiger partial charge on any atom is -0.508 e. The van der Waals surface area contributed by atoms with E-state index in [1.165, 1.54) is 33.9 Å². The third-order valence-corrected chi connectivity index (χ3v) is 2.23. The molecule has 0 saturated carbocycles. The molecule has 0 aliphatic carbocycles. The van der Waals surface area contributed by atoms with Crippen molar-refractivity contribution in [3.05, 3.63) is 22.8 Å². The van der Waals surface area contributed by atoms with E-state index in [0.29, 0.717) is 5.56 Å². The van der Waals surface area contributed by atoms with E-state index < -0.39 is 5.97 Å². The van der Waals surface area contributed by atoms with Gasteiger partial charge in [0, 0.05) is 12.5 Å². The summed E-state index contributed by atoms with van der Waals surface area (Å²) in [6, 6.07) is 1.32. The monoisotopic (exact) mass is 256 g/mol. The number of methoxy groups -OCH3 is 1. The molecule has 0 radical (unpaired) electrons. The number of benzene rings is 1. The van der Waals surface area contributed by atoms with Crippen molar-refractivity contribution in [2.24, 2.45) is 0 Å². The number of aromatic carboxylic acids is 1. The van der Waals surface area contributed by atoms with E-state index in [4.69, 9.17) is 5.11 Å². The fourth-order valence-corrected chi connectivity index (χ4v) is 1.15. The summed E-state index contributed by atoms with van der Waals surface area (Å²) in [5.41, 5.74) is 0.367. The SMILES string of the molecule is COC(C)=O.Cc1cc(O)c(C)c(O)c1C(=O)O. The second-order valence-corrected chi connectivity index (χ2v) is 3.56. The van der Waals surface area contributed by atoms with Gasteiger partial charge in [-0.25, -0.2) is 4.79 Å². The van der Waals surface area contributed by atoms with Gasteiger partial charge in [-0.1, -0.05) is 0 Å². The van der Waals surface area contributed by atoms with Crippen LogP contribution >= 0.6 is 0 Å². The molecular formula is C12H16O6. The van der Waals surface area contributed by atoms with Crippen LogP contribution in [0.2, 0.25) is 0 Å². The highest BCUT2D eigenvalue weighted by Crippen LogP contribution is 2.32. The molecule has 0 spiro atoms. The number of carbonyl (C=O) groups excluding carboxylic acids is 1. The summed E-state index contributed by atoms with van der Waals surface area (Å²) in [7, 11) is 1.35. The zero-order valence-corrected chi connectivity index (χ0v) is 10.6. The van der Waals surface area contributed by atoms with E-state index in [-0.39, 0.29) is 28.6 Å². The maximum absolute atomic E-state index is 10.7. The first-order valence-electron chi connectivity index (χ1n) is 5.02. The molecule has 0 fully saturated rings. The molecule has 1 rings (SSSR count). The maximum atomic E-state index is 10.7. The second-order valence-electron chi connectivity index (χ2n) is 3.56. The first-order valence-corrected chi connectivity index (χ1v) is 5.02. The number of aromatic hydroxyl groups is 2. The fraction of sp³-hybridized carbons (Fsp3) is 0.333. The van der Waals surface area contributed by atoms with E-state index in [2.05, 4.69) is 4.74 Å². The number of carbonyl (C=O) groups is 2. The predicted octanol–water partition coefficient (Wildman–Crippen LogP) is 1.59. The summed E-state index contributed by atoms with van der Waals surface area (Å²) in [5.74, 6) is -1.91. The van der Waals surface area contributed by atoms with Crippen LogP contribution in [-0.4, -0.2) is 34.4 Å². The molecule has 0 aliphatic heterocycles. The van der Waals surface area contributed by atoms with Gasteiger partial charge in [-0.2, -0.15) is 0 Å². The number of rotatable bonds is 1. The molecular weight excluding hydrogens is 240 g/mol. The Labute approximate surface area is 104 Å². The van der Waals surface area contributed by atoms with Gasteiger partial charge in [0.2, 0.25) is 0 Å². The summed E-state index contributed by atoms with van der Waals surface area (Å²) in [6.07, 6.45) is 0. The molecule has 6 heteroatoms. The topological polar surface area (TPSA) is 104 Å². The number of aryl methyl sites for hydroxylation is 1. The Balaban J connectivity index is 0.000000494. The number of hydrogen-bond donors (Lipinski definition) is 3. The van der Waals surface area contributed by atoms with Crippen molar-refractivity contribution in [3.8, 4) is 11.5 Å². The van der Waals surface area contributed by atoms with Gasteiger partial charge < -0.3 is 20.1 Å². The molecule has 1 aromatic rings. The van der Waals surface area contributed by atoms with E-state index in [1.807, 2.05) is 0 Å². The van der Waals surface area contributed by atoms with E-state index >= 15 is 0 Å². The van der Waals surface area contributed by atoms with E-state index in [0.717, 1.165) is 0 Å². The molecule has 0 bridgehead atoms. The van der Waals surface area contributed by atoms with Gasteiger partial charge in [-0.05, 0) is 25.5 Å². The number of carboxylic acid groups (broad SMARTS) is 1. The standard InChI is InChI=1S/C9H10O4.C3H6O2/c1-4-3-6(10)5(2)8(11)7(4)9(12)13;1-3(4)5-2/h3,10-11H,1-2H3,(H,12,13);1-2H3. The van der Waals surface area contributed by atoms with Crippen LogP contribution in [-0.2, 0) is 9.53 Å². The predicted molar refractivity (Wildman–Crippen MR) is 63.9 cm³/mol. The number of esters is 1. The number of phenolic OH excluding ortho intramolecular Hbond substituents is 1. The van der Waals surface area contributed by atoms with Gasteiger partial charge in [-0.3, -0.25) is 4.79 Å². The molecule has 0 aromatic heterocycles. The van der Waals surface area contributed by atoms with Crippen LogP contribution in [0.5, 0.6) is 11.5 Å². The van der Waals surface area contributed by atoms with Crippen molar-refractivity contribution < 1.29 is 29.6 Å². The lowest BCUT2D eigenvalue weighted by atomic mass is 10.0. The maximum Gasteiger partial charge on any atom is 0.339 e. The molecule has 0 saturated heterocycles. The highest BCUT2D eigenvalue weighted by molar-refractivity contribution is 5.93. The molecule has 0 aliphatic rings. The lowest BCUT2D eigenvalue weighted by Gasteiger charge is -2.08. The minimum atomic E-state index is -1.20. The Hall–Kier alpha value is -2.24. The summed E-state index contributed by atoms with van der Waals surface area (Å²) in [6.45, 7) is 4.33. The van der Waals surface area contributed by atoms with Gasteiger partial charge in [0.1, 0.15) is 17.1 Å². The summed E-state index contributed by atoms with van der Waals surface area (Å²) in [4.78, 5) is 20.3. The van der Waals surface area contributed by atoms with Crippen molar-refractivity contribution in [1.82, 2.24) is 0 Å². The van der Waals surface area contributed by atoms with Crippen LogP contribution in [0.3, 0.4) is 0 Å². The largest absolute Gasteiger partial charge is 0.508 e. The molecule has 3 N–H and O–H groups in total. The molecule has 6 nitrogen and oxygen atoms in total. The number of ether oxygens (including phenoxy) is 1. The van der Waals surface area contributed by atoms with Gasteiger partial charge in [0.25, 0.3) is 0 Å². The van der Waals surface area contributed by atoms with Crippen molar-refractivity contribution >= 4 is 11.9 Å². The van der Waals surface area contributed by atoms with E-state index in [9.17, 15) is 19.8 Å². The lowest BCUT2D eigenvalue weighted by Crippen LogP contribution is -2.01. The van der Waals surface area contributed by atoms with Crippen molar-refractivity contribution in [2.45, 2.75) is 20.8 Å². The summed E-state index contributed by atoms with van der Waals surface area (Å²) in [5, 5.41) is 27.3. The number of phenols is 2. The Kier molecular flexibility index (Phi) is 5.68. The van der Waals surface area contributed by atoms with Gasteiger partial charge in [-0.15, -0.1) is 0 Å². The van der Waals surface area contributed by atoms with E-state index in [1.54, 1.807) is 0 Å². The first-order chi connectivity index (χ1) is 8.22. The van der Waals surface area contributed by atoms with Crippen LogP contribution in [0.15, 0.2) is 6.07 Å². The summed E-state index contributed by atoms with van der Waals surface area (Å²) < 4.78 is 4.11. The molecule has 0 unspecified atom stereocenters. The lowest BCUT2D eigenvalue weighted by molar-refractivity contribution is -0.137. The Morgan fingerprint density at radius 2 is 1.67 bits per heavy atom. The molecule has 0 amide bonds. The number of carboxylic acids is 1. The van der Waals surface area contributed by atoms with Crippen LogP contribution in [0, 0.1) is 13.8 Å². The zero-order chi connectivity index (χ0) is 14.5. The van der Waals surface area contributed by atoms with Gasteiger partial charge >= 0.3 is 11.9 Å². The minimum absolute atomic E-state index is 0.0972. The molecule has 0 atom stereocenters. The van der Waals surface area contributed by atoms with Crippen LogP contribution < -0.4 is 0 Å². The van der Waals surface area contributed by atoms with Gasteiger partial charge in [0.15, 0.2) is 0 Å². The molecule has 1 aromatic carbocycles. The average molecular weight is 256 g/mol. The third-order valence-electron chi connectivity index (χ3n) is 2.23. The average Bonchev–Trinajstić information content (AvgIpc) is 2.26. The van der Waals surface area contributed by atoms with Gasteiger partial charge in [0.05, 0.1) is 7.11 Å². The normalized spacial score (nSPS) is 9.11. The van der Waals surface area contributed by atoms with Crippen molar-refractivity contribution in [1.29, 1.82) is 0 Å². The van der Waals surface area contributed by atoms with Crippen molar-refractivity contribution in [3.63, 3.8) is 0 Å². The summed E-state index contributed by atoms with van der Waals surface area (Å²) >= 11 is 0. The quantitative estimate of drug-likeness (QED) is 0.659. The third kappa shape index (κ3) is 3.97. The Morgan fingerprint density at radius 1 is 1.22 bits per heavy atom. The Bertz CT molecular complexity index is 464. The fourth-order valence-electron chi connectivity index (χ4n) is 1.15. The highest BCUT2D eigenvalue weighted by Gasteiger charge is 2.17. The van der Waals surface area contributed by atoms with Crippen LogP contribution in [0.4, 0.5) is 0 Å². The Morgan fingerprint density at radius 3 is 2.00 bits per heavy atom. The number of hydrogen-bond acceptors (Lipinski definition) is 5. The first kappa shape index (κ1) is 15.8. The van der Waals surface area contributed by atoms with Crippen LogP contribution in [0.1, 0.15) is 28.4 Å².